The van der Waals surface area contributed by atoms with Crippen LogP contribution >= 0.6 is 0 Å². The smallest absolute Gasteiger partial charge is 0.340 e. The van der Waals surface area contributed by atoms with Gasteiger partial charge in [0.1, 0.15) is 12.3 Å². The molecular weight excluding hydrogens is 356 g/mol. The lowest BCUT2D eigenvalue weighted by molar-refractivity contribution is -0.907. The number of ether oxygens (including phenoxy) is 2. The third-order valence-electron chi connectivity index (χ3n) is 5.20. The molecule has 2 aromatic rings. The number of Topliss-reactive ketones (excluding diaryl/α,β-unsaturated/α-hetero) is 1. The molecule has 6 nitrogen and oxygen atoms in total. The normalized spacial score (nSPS) is 13.1. The summed E-state index contributed by atoms with van der Waals surface area (Å²) in [5.41, 5.74) is 4.45. The van der Waals surface area contributed by atoms with Crippen LogP contribution in [0.3, 0.4) is 0 Å². The van der Waals surface area contributed by atoms with Crippen molar-refractivity contribution in [2.75, 3.05) is 20.8 Å². The topological polar surface area (TPSA) is 72.8 Å². The van der Waals surface area contributed by atoms with E-state index in [0.29, 0.717) is 35.7 Å². The predicted molar refractivity (Wildman–Crippen MR) is 108 cm³/mol. The van der Waals surface area contributed by atoms with Crippen molar-refractivity contribution in [2.45, 2.75) is 47.2 Å². The molecule has 0 aliphatic heterocycles. The molecule has 6 heteroatoms. The summed E-state index contributed by atoms with van der Waals surface area (Å²) in [5.74, 6) is 0.395. The van der Waals surface area contributed by atoms with Crippen LogP contribution in [0.1, 0.15) is 57.1 Å². The molecular formula is C22H31N2O4+. The maximum Gasteiger partial charge on any atom is 0.340 e. The lowest BCUT2D eigenvalue weighted by Crippen LogP contribution is -3.12. The number of rotatable bonds is 8. The first kappa shape index (κ1) is 21.7. The maximum atomic E-state index is 13.1. The number of H-pyrrole nitrogens is 1. The van der Waals surface area contributed by atoms with Gasteiger partial charge in [0.25, 0.3) is 0 Å². The summed E-state index contributed by atoms with van der Waals surface area (Å²) in [7, 11) is 3.64. The molecule has 28 heavy (non-hydrogen) atoms. The van der Waals surface area contributed by atoms with E-state index in [1.54, 1.807) is 27.9 Å². The maximum absolute atomic E-state index is 13.1. The van der Waals surface area contributed by atoms with Gasteiger partial charge in [-0.05, 0) is 52.3 Å². The van der Waals surface area contributed by atoms with E-state index < -0.39 is 5.97 Å². The molecule has 0 saturated carbocycles. The van der Waals surface area contributed by atoms with E-state index in [4.69, 9.17) is 9.47 Å². The number of benzene rings is 1. The van der Waals surface area contributed by atoms with Crippen molar-refractivity contribution in [1.29, 1.82) is 0 Å². The summed E-state index contributed by atoms with van der Waals surface area (Å²) in [5, 5.41) is 0. The van der Waals surface area contributed by atoms with Gasteiger partial charge >= 0.3 is 5.97 Å². The van der Waals surface area contributed by atoms with Gasteiger partial charge in [-0.15, -0.1) is 0 Å². The molecule has 0 saturated heterocycles. The Morgan fingerprint density at radius 1 is 1.21 bits per heavy atom. The number of hydrogen-bond donors (Lipinski definition) is 2. The SMILES string of the molecule is CCOC(=O)c1c(C)[nH]c(C(=O)[C@@H](C)[NH+](C)Cc2cc(C)ccc2OC)c1C. The minimum Gasteiger partial charge on any atom is -0.496 e. The van der Waals surface area contributed by atoms with Crippen molar-refractivity contribution in [1.82, 2.24) is 4.98 Å². The van der Waals surface area contributed by atoms with Crippen molar-refractivity contribution in [3.63, 3.8) is 0 Å². The summed E-state index contributed by atoms with van der Waals surface area (Å²) in [6.45, 7) is 10.2. The van der Waals surface area contributed by atoms with Crippen LogP contribution in [0.2, 0.25) is 0 Å². The first-order valence-electron chi connectivity index (χ1n) is 9.57. The van der Waals surface area contributed by atoms with Crippen molar-refractivity contribution < 1.29 is 24.0 Å². The number of carbonyl (C=O) groups excluding carboxylic acids is 2. The Hall–Kier alpha value is -2.60. The quantitative estimate of drug-likeness (QED) is 0.539. The Balaban J connectivity index is 2.24. The summed E-state index contributed by atoms with van der Waals surface area (Å²) >= 11 is 0. The van der Waals surface area contributed by atoms with E-state index >= 15 is 0 Å². The van der Waals surface area contributed by atoms with Gasteiger partial charge in [-0.2, -0.15) is 0 Å². The van der Waals surface area contributed by atoms with E-state index in [-0.39, 0.29) is 11.8 Å². The summed E-state index contributed by atoms with van der Waals surface area (Å²) in [6.07, 6.45) is 0. The molecule has 2 rings (SSSR count). The fourth-order valence-corrected chi connectivity index (χ4v) is 3.45. The Bertz CT molecular complexity index is 870. The number of aryl methyl sites for hydroxylation is 2. The van der Waals surface area contributed by atoms with Crippen LogP contribution in [0, 0.1) is 20.8 Å². The Morgan fingerprint density at radius 2 is 1.89 bits per heavy atom. The number of aromatic nitrogens is 1. The molecule has 0 aliphatic rings. The lowest BCUT2D eigenvalue weighted by Gasteiger charge is -2.22. The third-order valence-corrected chi connectivity index (χ3v) is 5.20. The third kappa shape index (κ3) is 4.44. The van der Waals surface area contributed by atoms with Crippen LogP contribution in [-0.4, -0.2) is 43.5 Å². The molecule has 1 heterocycles. The molecule has 0 spiro atoms. The minimum absolute atomic E-state index is 0.0275. The standard InChI is InChI=1S/C22H30N2O4/c1-8-28-22(26)19-14(3)20(23-15(19)4)21(25)16(5)24(6)12-17-11-13(2)9-10-18(17)27-7/h9-11,16,23H,8,12H2,1-7H3/p+1/t16-/m1/s1. The monoisotopic (exact) mass is 387 g/mol. The van der Waals surface area contributed by atoms with Gasteiger partial charge < -0.3 is 19.4 Å². The summed E-state index contributed by atoms with van der Waals surface area (Å²) in [6, 6.07) is 5.75. The van der Waals surface area contributed by atoms with Crippen LogP contribution in [0.15, 0.2) is 18.2 Å². The van der Waals surface area contributed by atoms with E-state index in [2.05, 4.69) is 11.1 Å². The van der Waals surface area contributed by atoms with E-state index in [1.165, 1.54) is 0 Å². The van der Waals surface area contributed by atoms with Gasteiger partial charge in [0, 0.05) is 11.3 Å². The highest BCUT2D eigenvalue weighted by Gasteiger charge is 2.30. The van der Waals surface area contributed by atoms with Crippen molar-refractivity contribution in [3.8, 4) is 5.75 Å². The summed E-state index contributed by atoms with van der Waals surface area (Å²) in [4.78, 5) is 29.5. The Kier molecular flexibility index (Phi) is 7.02. The van der Waals surface area contributed by atoms with Crippen LogP contribution in [0.4, 0.5) is 0 Å². The average molecular weight is 388 g/mol. The Labute approximate surface area is 166 Å². The van der Waals surface area contributed by atoms with Crippen LogP contribution in [0.25, 0.3) is 0 Å². The van der Waals surface area contributed by atoms with Crippen LogP contribution < -0.4 is 9.64 Å². The summed E-state index contributed by atoms with van der Waals surface area (Å²) < 4.78 is 10.6. The highest BCUT2D eigenvalue weighted by molar-refractivity contribution is 6.03. The number of ketones is 1. The largest absolute Gasteiger partial charge is 0.496 e. The van der Waals surface area contributed by atoms with Gasteiger partial charge in [0.2, 0.25) is 5.78 Å². The minimum atomic E-state index is -0.398. The molecule has 1 aromatic carbocycles. The second kappa shape index (κ2) is 9.06. The van der Waals surface area contributed by atoms with Crippen molar-refractivity contribution in [3.05, 3.63) is 51.8 Å². The zero-order chi connectivity index (χ0) is 21.0. The van der Waals surface area contributed by atoms with Gasteiger partial charge in [0.05, 0.1) is 32.0 Å². The second-order valence-corrected chi connectivity index (χ2v) is 7.27. The molecule has 0 amide bonds. The number of likely N-dealkylation sites (N-methyl/N-ethyl adjacent to an activating group) is 1. The number of methoxy groups -OCH3 is 1. The van der Waals surface area contributed by atoms with Gasteiger partial charge in [-0.3, -0.25) is 4.79 Å². The lowest BCUT2D eigenvalue weighted by atomic mass is 10.0. The van der Waals surface area contributed by atoms with Gasteiger partial charge in [-0.1, -0.05) is 11.6 Å². The van der Waals surface area contributed by atoms with E-state index in [1.807, 2.05) is 33.0 Å². The number of nitrogens with one attached hydrogen (secondary N) is 2. The molecule has 0 bridgehead atoms. The zero-order valence-corrected chi connectivity index (χ0v) is 17.9. The molecule has 0 aliphatic carbocycles. The highest BCUT2D eigenvalue weighted by atomic mass is 16.5. The number of esters is 1. The molecule has 2 N–H and O–H groups in total. The van der Waals surface area contributed by atoms with Crippen LogP contribution in [0.5, 0.6) is 5.75 Å². The molecule has 1 aromatic heterocycles. The first-order valence-corrected chi connectivity index (χ1v) is 9.57. The number of aromatic amines is 1. The predicted octanol–water partition coefficient (Wildman–Crippen LogP) is 2.41. The van der Waals surface area contributed by atoms with E-state index in [9.17, 15) is 9.59 Å². The molecule has 0 radical (unpaired) electrons. The number of carbonyl (C=O) groups is 2. The Morgan fingerprint density at radius 3 is 2.50 bits per heavy atom. The molecule has 2 atom stereocenters. The van der Waals surface area contributed by atoms with E-state index in [0.717, 1.165) is 21.8 Å². The van der Waals surface area contributed by atoms with Gasteiger partial charge in [0.15, 0.2) is 6.04 Å². The first-order chi connectivity index (χ1) is 13.2. The fourth-order valence-electron chi connectivity index (χ4n) is 3.45. The van der Waals surface area contributed by atoms with Crippen molar-refractivity contribution in [2.24, 2.45) is 0 Å². The van der Waals surface area contributed by atoms with Crippen LogP contribution in [-0.2, 0) is 11.3 Å². The molecule has 1 unspecified atom stereocenters. The number of quaternary nitrogens is 1. The second-order valence-electron chi connectivity index (χ2n) is 7.27. The highest BCUT2D eigenvalue weighted by Crippen LogP contribution is 2.21. The molecule has 152 valence electrons. The zero-order valence-electron chi connectivity index (χ0n) is 17.9. The molecule has 0 fully saturated rings. The number of hydrogen-bond acceptors (Lipinski definition) is 4. The van der Waals surface area contributed by atoms with Crippen molar-refractivity contribution >= 4 is 11.8 Å². The average Bonchev–Trinajstić information content (AvgIpc) is 2.95. The fraction of sp³-hybridized carbons (Fsp3) is 0.455. The van der Waals surface area contributed by atoms with Gasteiger partial charge in [-0.25, -0.2) is 4.79 Å².